The third-order valence-corrected chi connectivity index (χ3v) is 3.27. The van der Waals surface area contributed by atoms with Crippen LogP contribution in [-0.4, -0.2) is 9.91 Å². The van der Waals surface area contributed by atoms with Crippen LogP contribution in [0.1, 0.15) is 5.56 Å². The second-order valence-corrected chi connectivity index (χ2v) is 4.61. The molecule has 4 nitrogen and oxygen atoms in total. The van der Waals surface area contributed by atoms with E-state index in [0.29, 0.717) is 0 Å². The molecule has 1 aromatic heterocycles. The summed E-state index contributed by atoms with van der Waals surface area (Å²) in [4.78, 5) is 13.0. The summed E-state index contributed by atoms with van der Waals surface area (Å²) in [5.41, 5.74) is 3.45. The van der Waals surface area contributed by atoms with Crippen LogP contribution in [0.2, 0.25) is 0 Å². The average Bonchev–Trinajstić information content (AvgIpc) is 2.88. The van der Waals surface area contributed by atoms with Gasteiger partial charge < -0.3 is 4.98 Å². The maximum absolute atomic E-state index is 13.0. The van der Waals surface area contributed by atoms with Gasteiger partial charge >= 0.3 is 0 Å². The number of rotatable bonds is 3. The lowest BCUT2D eigenvalue weighted by Gasteiger charge is -2.02. The highest BCUT2D eigenvalue weighted by molar-refractivity contribution is 5.92. The van der Waals surface area contributed by atoms with Crippen LogP contribution in [0.4, 0.5) is 4.39 Å². The van der Waals surface area contributed by atoms with Crippen molar-refractivity contribution >= 4 is 17.0 Å². The van der Waals surface area contributed by atoms with Gasteiger partial charge in [-0.2, -0.15) is 0 Å². The summed E-state index contributed by atoms with van der Waals surface area (Å²) in [5, 5.41) is 11.3. The lowest BCUT2D eigenvalue weighted by atomic mass is 10.0. The second kappa shape index (κ2) is 5.20. The molecule has 5 heteroatoms. The zero-order valence-electron chi connectivity index (χ0n) is 10.9. The molecule has 21 heavy (non-hydrogen) atoms. The Hall–Kier alpha value is -2.95. The van der Waals surface area contributed by atoms with Crippen molar-refractivity contribution in [3.63, 3.8) is 0 Å². The van der Waals surface area contributed by atoms with E-state index < -0.39 is 4.92 Å². The van der Waals surface area contributed by atoms with Gasteiger partial charge in [0.1, 0.15) is 5.82 Å². The molecule has 0 atom stereocenters. The van der Waals surface area contributed by atoms with E-state index in [2.05, 4.69) is 4.98 Å². The molecule has 3 aromatic rings. The van der Waals surface area contributed by atoms with Crippen molar-refractivity contribution in [2.24, 2.45) is 0 Å². The molecule has 0 unspecified atom stereocenters. The Kier molecular flexibility index (Phi) is 3.23. The number of aromatic nitrogens is 1. The molecule has 0 radical (unpaired) electrons. The van der Waals surface area contributed by atoms with Gasteiger partial charge in [-0.05, 0) is 35.4 Å². The Morgan fingerprint density at radius 2 is 1.81 bits per heavy atom. The van der Waals surface area contributed by atoms with Crippen LogP contribution in [-0.2, 0) is 0 Å². The second-order valence-electron chi connectivity index (χ2n) is 4.61. The molecule has 104 valence electrons. The van der Waals surface area contributed by atoms with Crippen LogP contribution in [0.5, 0.6) is 0 Å². The Morgan fingerprint density at radius 3 is 2.52 bits per heavy atom. The predicted molar refractivity (Wildman–Crippen MR) is 79.7 cm³/mol. The van der Waals surface area contributed by atoms with Gasteiger partial charge in [0.2, 0.25) is 6.20 Å². The van der Waals surface area contributed by atoms with E-state index in [9.17, 15) is 14.5 Å². The van der Waals surface area contributed by atoms with Crippen LogP contribution in [0.25, 0.3) is 28.1 Å². The van der Waals surface area contributed by atoms with E-state index in [4.69, 9.17) is 0 Å². The van der Waals surface area contributed by atoms with E-state index in [1.165, 1.54) is 18.2 Å². The molecule has 0 aliphatic heterocycles. The van der Waals surface area contributed by atoms with E-state index in [0.717, 1.165) is 33.8 Å². The highest BCUT2D eigenvalue weighted by Gasteiger charge is 2.05. The standard InChI is InChI=1S/C16H11FN2O2/c17-14-4-1-11(2-5-14)12-3-6-16-15(9-12)13(10-18-16)7-8-19(20)21/h1-10,18H/b8-7+. The topological polar surface area (TPSA) is 58.9 Å². The van der Waals surface area contributed by atoms with Gasteiger partial charge in [-0.25, -0.2) is 4.39 Å². The number of nitrogens with zero attached hydrogens (tertiary/aromatic N) is 1. The molecule has 0 saturated heterocycles. The molecule has 0 spiro atoms. The summed E-state index contributed by atoms with van der Waals surface area (Å²) in [6.07, 6.45) is 4.08. The average molecular weight is 282 g/mol. The summed E-state index contributed by atoms with van der Waals surface area (Å²) >= 11 is 0. The van der Waals surface area contributed by atoms with Crippen molar-refractivity contribution in [2.45, 2.75) is 0 Å². The van der Waals surface area contributed by atoms with E-state index in [1.54, 1.807) is 18.3 Å². The molecular formula is C16H11FN2O2. The Bertz CT molecular complexity index is 835. The zero-order chi connectivity index (χ0) is 14.8. The van der Waals surface area contributed by atoms with Gasteiger partial charge in [0.25, 0.3) is 0 Å². The Labute approximate surface area is 119 Å². The monoisotopic (exact) mass is 282 g/mol. The normalized spacial score (nSPS) is 11.3. The fourth-order valence-electron chi connectivity index (χ4n) is 2.24. The first kappa shape index (κ1) is 13.1. The number of aromatic amines is 1. The molecule has 0 aliphatic rings. The molecular weight excluding hydrogens is 271 g/mol. The third-order valence-electron chi connectivity index (χ3n) is 3.27. The first-order chi connectivity index (χ1) is 10.1. The van der Waals surface area contributed by atoms with Crippen LogP contribution >= 0.6 is 0 Å². The predicted octanol–water partition coefficient (Wildman–Crippen LogP) is 4.22. The number of fused-ring (bicyclic) bond motifs is 1. The van der Waals surface area contributed by atoms with Crippen molar-refractivity contribution in [1.29, 1.82) is 0 Å². The van der Waals surface area contributed by atoms with Crippen LogP contribution < -0.4 is 0 Å². The number of hydrogen-bond donors (Lipinski definition) is 1. The van der Waals surface area contributed by atoms with Gasteiger partial charge in [-0.1, -0.05) is 18.2 Å². The number of benzene rings is 2. The lowest BCUT2D eigenvalue weighted by Crippen LogP contribution is -1.82. The van der Waals surface area contributed by atoms with Crippen molar-refractivity contribution in [3.05, 3.63) is 76.4 Å². The largest absolute Gasteiger partial charge is 0.361 e. The SMILES string of the molecule is O=[N+]([O-])/C=C/c1c[nH]c2ccc(-c3ccc(F)cc3)cc12. The quantitative estimate of drug-likeness (QED) is 0.577. The van der Waals surface area contributed by atoms with Crippen LogP contribution in [0, 0.1) is 15.9 Å². The summed E-state index contributed by atoms with van der Waals surface area (Å²) in [5.74, 6) is -0.281. The minimum Gasteiger partial charge on any atom is -0.361 e. The van der Waals surface area contributed by atoms with E-state index in [1.807, 2.05) is 18.2 Å². The molecule has 0 fully saturated rings. The first-order valence-electron chi connectivity index (χ1n) is 6.32. The van der Waals surface area contributed by atoms with Crippen molar-refractivity contribution in [3.8, 4) is 11.1 Å². The summed E-state index contributed by atoms with van der Waals surface area (Å²) in [7, 11) is 0. The Morgan fingerprint density at radius 1 is 1.10 bits per heavy atom. The molecule has 0 saturated carbocycles. The smallest absolute Gasteiger partial charge is 0.235 e. The zero-order valence-corrected chi connectivity index (χ0v) is 10.9. The van der Waals surface area contributed by atoms with E-state index in [-0.39, 0.29) is 5.82 Å². The number of halogens is 1. The molecule has 1 N–H and O–H groups in total. The minimum absolute atomic E-state index is 0.281. The minimum atomic E-state index is -0.497. The highest BCUT2D eigenvalue weighted by atomic mass is 19.1. The van der Waals surface area contributed by atoms with Crippen molar-refractivity contribution < 1.29 is 9.31 Å². The highest BCUT2D eigenvalue weighted by Crippen LogP contribution is 2.27. The maximum Gasteiger partial charge on any atom is 0.235 e. The van der Waals surface area contributed by atoms with E-state index >= 15 is 0 Å². The fourth-order valence-corrected chi connectivity index (χ4v) is 2.24. The molecule has 3 rings (SSSR count). The molecule has 2 aromatic carbocycles. The number of H-pyrrole nitrogens is 1. The van der Waals surface area contributed by atoms with Gasteiger partial charge in [0, 0.05) is 28.7 Å². The molecule has 0 amide bonds. The molecule has 0 bridgehead atoms. The third kappa shape index (κ3) is 2.67. The van der Waals surface area contributed by atoms with Gasteiger partial charge in [0.15, 0.2) is 0 Å². The lowest BCUT2D eigenvalue weighted by molar-refractivity contribution is -0.400. The fraction of sp³-hybridized carbons (Fsp3) is 0. The summed E-state index contributed by atoms with van der Waals surface area (Å²) in [6.45, 7) is 0. The molecule has 0 aliphatic carbocycles. The first-order valence-corrected chi connectivity index (χ1v) is 6.32. The van der Waals surface area contributed by atoms with Gasteiger partial charge in [-0.15, -0.1) is 0 Å². The summed E-state index contributed by atoms with van der Waals surface area (Å²) < 4.78 is 13.0. The maximum atomic E-state index is 13.0. The number of nitro groups is 1. The van der Waals surface area contributed by atoms with Crippen LogP contribution in [0.3, 0.4) is 0 Å². The molecule has 1 heterocycles. The summed E-state index contributed by atoms with van der Waals surface area (Å²) in [6, 6.07) is 12.0. The van der Waals surface area contributed by atoms with Crippen molar-refractivity contribution in [2.75, 3.05) is 0 Å². The number of nitrogens with one attached hydrogen (secondary N) is 1. The number of hydrogen-bond acceptors (Lipinski definition) is 2. The van der Waals surface area contributed by atoms with Crippen LogP contribution in [0.15, 0.2) is 54.9 Å². The Balaban J connectivity index is 2.08. The van der Waals surface area contributed by atoms with Crippen molar-refractivity contribution in [1.82, 2.24) is 4.98 Å². The van der Waals surface area contributed by atoms with Gasteiger partial charge in [0.05, 0.1) is 4.92 Å². The van der Waals surface area contributed by atoms with Gasteiger partial charge in [-0.3, -0.25) is 10.1 Å².